The maximum absolute atomic E-state index is 12.4. The second kappa shape index (κ2) is 7.16. The number of aliphatic hydroxyl groups is 1. The molecule has 1 aromatic carbocycles. The van der Waals surface area contributed by atoms with Crippen LogP contribution in [0.3, 0.4) is 0 Å². The van der Waals surface area contributed by atoms with Crippen LogP contribution in [0.5, 0.6) is 0 Å². The van der Waals surface area contributed by atoms with Crippen LogP contribution in [0.25, 0.3) is 0 Å². The topological polar surface area (TPSA) is 71.4 Å². The fraction of sp³-hybridized carbons (Fsp3) is 0.471. The van der Waals surface area contributed by atoms with Gasteiger partial charge >= 0.3 is 0 Å². The Labute approximate surface area is 134 Å². The number of hydrogen-bond donors (Lipinski definition) is 1. The van der Waals surface area contributed by atoms with Gasteiger partial charge in [0.25, 0.3) is 0 Å². The van der Waals surface area contributed by atoms with Crippen molar-refractivity contribution in [2.45, 2.75) is 50.5 Å². The standard InChI is InChI=1S/C17H19ClO4/c18-15(20)9-8-14(19)12-4-6-13(7-5-12)16(21)17(22)10-2-1-3-11-17/h4-7,22H,1-3,8-11H2. The Kier molecular flexibility index (Phi) is 5.48. The number of rotatable bonds is 6. The molecule has 1 aliphatic rings. The predicted octanol–water partition coefficient (Wildman–Crippen LogP) is 3.29. The molecule has 1 saturated carbocycles. The highest BCUT2D eigenvalue weighted by Gasteiger charge is 2.37. The highest BCUT2D eigenvalue weighted by atomic mass is 35.5. The fourth-order valence-corrected chi connectivity index (χ4v) is 2.89. The van der Waals surface area contributed by atoms with Gasteiger partial charge in [-0.2, -0.15) is 0 Å². The number of carbonyl (C=O) groups is 3. The number of halogens is 1. The van der Waals surface area contributed by atoms with E-state index in [2.05, 4.69) is 0 Å². The number of hydrogen-bond acceptors (Lipinski definition) is 4. The molecule has 0 heterocycles. The van der Waals surface area contributed by atoms with Crippen molar-refractivity contribution in [2.24, 2.45) is 0 Å². The van der Waals surface area contributed by atoms with Gasteiger partial charge in [-0.3, -0.25) is 14.4 Å². The number of ketones is 2. The molecule has 0 radical (unpaired) electrons. The molecule has 22 heavy (non-hydrogen) atoms. The van der Waals surface area contributed by atoms with Crippen molar-refractivity contribution in [2.75, 3.05) is 0 Å². The molecule has 118 valence electrons. The maximum atomic E-state index is 12.4. The summed E-state index contributed by atoms with van der Waals surface area (Å²) in [6.45, 7) is 0. The Morgan fingerprint density at radius 1 is 0.955 bits per heavy atom. The summed E-state index contributed by atoms with van der Waals surface area (Å²) in [6.07, 6.45) is 3.79. The van der Waals surface area contributed by atoms with Gasteiger partial charge < -0.3 is 5.11 Å². The Balaban J connectivity index is 2.06. The van der Waals surface area contributed by atoms with E-state index in [1.165, 1.54) is 0 Å². The molecule has 1 aromatic rings. The zero-order valence-electron chi connectivity index (χ0n) is 12.3. The number of carbonyl (C=O) groups excluding carboxylic acids is 3. The molecule has 0 atom stereocenters. The predicted molar refractivity (Wildman–Crippen MR) is 83.2 cm³/mol. The van der Waals surface area contributed by atoms with E-state index in [1.54, 1.807) is 24.3 Å². The van der Waals surface area contributed by atoms with Gasteiger partial charge in [-0.15, -0.1) is 0 Å². The van der Waals surface area contributed by atoms with Crippen molar-refractivity contribution in [3.05, 3.63) is 35.4 Å². The summed E-state index contributed by atoms with van der Waals surface area (Å²) < 4.78 is 0. The zero-order chi connectivity index (χ0) is 16.2. The fourth-order valence-electron chi connectivity index (χ4n) is 2.80. The third-order valence-electron chi connectivity index (χ3n) is 4.12. The third kappa shape index (κ3) is 4.02. The molecule has 0 amide bonds. The largest absolute Gasteiger partial charge is 0.382 e. The van der Waals surface area contributed by atoms with E-state index in [4.69, 9.17) is 11.6 Å². The summed E-state index contributed by atoms with van der Waals surface area (Å²) in [5.74, 6) is -0.466. The van der Waals surface area contributed by atoms with Crippen LogP contribution in [0.4, 0.5) is 0 Å². The lowest BCUT2D eigenvalue weighted by Crippen LogP contribution is -2.40. The molecule has 5 heteroatoms. The minimum Gasteiger partial charge on any atom is -0.382 e. The third-order valence-corrected chi connectivity index (χ3v) is 4.31. The minimum atomic E-state index is -1.27. The average molecular weight is 323 g/mol. The summed E-state index contributed by atoms with van der Waals surface area (Å²) in [5.41, 5.74) is -0.422. The van der Waals surface area contributed by atoms with Gasteiger partial charge in [-0.05, 0) is 24.4 Å². The number of benzene rings is 1. The molecule has 1 aliphatic carbocycles. The van der Waals surface area contributed by atoms with Crippen molar-refractivity contribution in [3.8, 4) is 0 Å². The molecule has 0 aromatic heterocycles. The zero-order valence-corrected chi connectivity index (χ0v) is 13.1. The normalized spacial score (nSPS) is 17.0. The molecule has 0 bridgehead atoms. The molecule has 2 rings (SSSR count). The van der Waals surface area contributed by atoms with E-state index in [0.717, 1.165) is 19.3 Å². The van der Waals surface area contributed by atoms with Crippen LogP contribution in [-0.4, -0.2) is 27.5 Å². The van der Waals surface area contributed by atoms with Crippen molar-refractivity contribution >= 4 is 28.4 Å². The maximum Gasteiger partial charge on any atom is 0.222 e. The monoisotopic (exact) mass is 322 g/mol. The first-order valence-corrected chi connectivity index (χ1v) is 7.89. The van der Waals surface area contributed by atoms with Gasteiger partial charge in [0.05, 0.1) is 0 Å². The average Bonchev–Trinajstić information content (AvgIpc) is 2.52. The van der Waals surface area contributed by atoms with E-state index in [0.29, 0.717) is 24.0 Å². The summed E-state index contributed by atoms with van der Waals surface area (Å²) in [7, 11) is 0. The van der Waals surface area contributed by atoms with Crippen molar-refractivity contribution in [3.63, 3.8) is 0 Å². The van der Waals surface area contributed by atoms with E-state index < -0.39 is 10.8 Å². The Hall–Kier alpha value is -1.52. The second-order valence-electron chi connectivity index (χ2n) is 5.78. The van der Waals surface area contributed by atoms with Crippen molar-refractivity contribution < 1.29 is 19.5 Å². The lowest BCUT2D eigenvalue weighted by molar-refractivity contribution is -0.111. The van der Waals surface area contributed by atoms with Crippen LogP contribution in [0, 0.1) is 0 Å². The van der Waals surface area contributed by atoms with Gasteiger partial charge in [-0.1, -0.05) is 43.5 Å². The minimum absolute atomic E-state index is 0.000815. The van der Waals surface area contributed by atoms with Gasteiger partial charge in [-0.25, -0.2) is 0 Å². The Morgan fingerprint density at radius 3 is 2.05 bits per heavy atom. The van der Waals surface area contributed by atoms with Crippen LogP contribution >= 0.6 is 11.6 Å². The van der Waals surface area contributed by atoms with E-state index >= 15 is 0 Å². The van der Waals surface area contributed by atoms with Crippen LogP contribution in [0.15, 0.2) is 24.3 Å². The smallest absolute Gasteiger partial charge is 0.222 e. The van der Waals surface area contributed by atoms with E-state index in [9.17, 15) is 19.5 Å². The van der Waals surface area contributed by atoms with Gasteiger partial charge in [0.2, 0.25) is 5.24 Å². The summed E-state index contributed by atoms with van der Waals surface area (Å²) in [4.78, 5) is 34.9. The summed E-state index contributed by atoms with van der Waals surface area (Å²) in [5, 5.41) is 9.91. The SMILES string of the molecule is O=C(Cl)CCC(=O)c1ccc(C(=O)C2(O)CCCCC2)cc1. The molecular formula is C17H19ClO4. The Bertz CT molecular complexity index is 571. The van der Waals surface area contributed by atoms with E-state index in [1.807, 2.05) is 0 Å². The molecule has 4 nitrogen and oxygen atoms in total. The van der Waals surface area contributed by atoms with Crippen LogP contribution in [-0.2, 0) is 4.79 Å². The van der Waals surface area contributed by atoms with Crippen molar-refractivity contribution in [1.82, 2.24) is 0 Å². The molecule has 0 spiro atoms. The lowest BCUT2D eigenvalue weighted by Gasteiger charge is -2.30. The van der Waals surface area contributed by atoms with Gasteiger partial charge in [0.1, 0.15) is 5.60 Å². The van der Waals surface area contributed by atoms with Gasteiger partial charge in [0.15, 0.2) is 11.6 Å². The Morgan fingerprint density at radius 2 is 1.50 bits per heavy atom. The first-order valence-electron chi connectivity index (χ1n) is 7.51. The summed E-state index contributed by atoms with van der Waals surface area (Å²) >= 11 is 5.21. The quantitative estimate of drug-likeness (QED) is 0.644. The molecular weight excluding hydrogens is 304 g/mol. The molecule has 1 fully saturated rings. The molecule has 0 unspecified atom stereocenters. The van der Waals surface area contributed by atoms with Crippen LogP contribution < -0.4 is 0 Å². The highest BCUT2D eigenvalue weighted by molar-refractivity contribution is 6.63. The second-order valence-corrected chi connectivity index (χ2v) is 6.20. The highest BCUT2D eigenvalue weighted by Crippen LogP contribution is 2.31. The van der Waals surface area contributed by atoms with Gasteiger partial charge in [0, 0.05) is 24.0 Å². The molecule has 0 aliphatic heterocycles. The summed E-state index contributed by atoms with van der Waals surface area (Å²) in [6, 6.07) is 6.23. The number of Topliss-reactive ketones (excluding diaryl/α,β-unsaturated/α-hetero) is 2. The van der Waals surface area contributed by atoms with E-state index in [-0.39, 0.29) is 24.4 Å². The van der Waals surface area contributed by atoms with Crippen molar-refractivity contribution in [1.29, 1.82) is 0 Å². The van der Waals surface area contributed by atoms with Crippen LogP contribution in [0.2, 0.25) is 0 Å². The first kappa shape index (κ1) is 16.8. The molecule has 1 N–H and O–H groups in total. The lowest BCUT2D eigenvalue weighted by atomic mass is 9.79. The molecule has 0 saturated heterocycles. The first-order chi connectivity index (χ1) is 10.4. The van der Waals surface area contributed by atoms with Crippen LogP contribution in [0.1, 0.15) is 65.7 Å².